The molecule has 1 aromatic heterocycles. The summed E-state index contributed by atoms with van der Waals surface area (Å²) in [7, 11) is 1.84. The number of hydrogen-bond acceptors (Lipinski definition) is 6. The van der Waals surface area contributed by atoms with Gasteiger partial charge in [-0.3, -0.25) is 10.1 Å². The molecule has 0 radical (unpaired) electrons. The zero-order chi connectivity index (χ0) is 15.2. The van der Waals surface area contributed by atoms with Crippen molar-refractivity contribution in [1.29, 1.82) is 5.26 Å². The fourth-order valence-corrected chi connectivity index (χ4v) is 1.77. The SMILES string of the molecule is CNCc1ccc(Oc2nccc(C#N)c2[N+](=O)[O-])cc1. The lowest BCUT2D eigenvalue weighted by molar-refractivity contribution is -0.386. The standard InChI is InChI=1S/C14H12N4O3/c1-16-9-10-2-4-12(5-3-10)21-14-13(18(19)20)11(8-15)6-7-17-14/h2-7,16H,9H2,1H3. The van der Waals surface area contributed by atoms with Gasteiger partial charge in [-0.25, -0.2) is 4.98 Å². The molecule has 1 aromatic carbocycles. The van der Waals surface area contributed by atoms with Crippen LogP contribution in [-0.4, -0.2) is 17.0 Å². The number of ether oxygens (including phenoxy) is 1. The summed E-state index contributed by atoms with van der Waals surface area (Å²) in [6.45, 7) is 0.711. The van der Waals surface area contributed by atoms with E-state index < -0.39 is 10.6 Å². The van der Waals surface area contributed by atoms with Crippen molar-refractivity contribution in [2.24, 2.45) is 0 Å². The molecule has 21 heavy (non-hydrogen) atoms. The Morgan fingerprint density at radius 3 is 2.67 bits per heavy atom. The van der Waals surface area contributed by atoms with Crippen LogP contribution in [0.5, 0.6) is 11.6 Å². The zero-order valence-corrected chi connectivity index (χ0v) is 11.2. The van der Waals surface area contributed by atoms with Crippen molar-refractivity contribution in [2.45, 2.75) is 6.54 Å². The number of rotatable bonds is 5. The van der Waals surface area contributed by atoms with Crippen molar-refractivity contribution in [3.63, 3.8) is 0 Å². The first-order valence-corrected chi connectivity index (χ1v) is 6.10. The molecule has 1 N–H and O–H groups in total. The van der Waals surface area contributed by atoms with Gasteiger partial charge in [0.2, 0.25) is 0 Å². The number of nitrogens with zero attached hydrogens (tertiary/aromatic N) is 3. The molecule has 0 saturated heterocycles. The summed E-state index contributed by atoms with van der Waals surface area (Å²) in [5, 5.41) is 23.0. The van der Waals surface area contributed by atoms with Gasteiger partial charge >= 0.3 is 11.6 Å². The van der Waals surface area contributed by atoms with E-state index in [-0.39, 0.29) is 11.4 Å². The first-order valence-electron chi connectivity index (χ1n) is 6.10. The molecule has 106 valence electrons. The van der Waals surface area contributed by atoms with E-state index in [1.165, 1.54) is 12.3 Å². The highest BCUT2D eigenvalue weighted by Crippen LogP contribution is 2.31. The molecule has 0 fully saturated rings. The van der Waals surface area contributed by atoms with Crippen molar-refractivity contribution in [2.75, 3.05) is 7.05 Å². The molecular formula is C14H12N4O3. The Morgan fingerprint density at radius 1 is 1.38 bits per heavy atom. The lowest BCUT2D eigenvalue weighted by Gasteiger charge is -2.06. The molecule has 0 atom stereocenters. The van der Waals surface area contributed by atoms with E-state index in [1.807, 2.05) is 19.2 Å². The van der Waals surface area contributed by atoms with Crippen molar-refractivity contribution in [3.8, 4) is 17.7 Å². The Hall–Kier alpha value is -2.98. The third-order valence-corrected chi connectivity index (χ3v) is 2.71. The second kappa shape index (κ2) is 6.45. The normalized spacial score (nSPS) is 9.90. The molecule has 0 aliphatic carbocycles. The van der Waals surface area contributed by atoms with E-state index in [9.17, 15) is 10.1 Å². The minimum Gasteiger partial charge on any atom is -0.434 e. The summed E-state index contributed by atoms with van der Waals surface area (Å²) in [6.07, 6.45) is 1.30. The monoisotopic (exact) mass is 284 g/mol. The second-order valence-corrected chi connectivity index (χ2v) is 4.16. The molecule has 2 aromatic rings. The number of pyridine rings is 1. The number of benzene rings is 1. The molecule has 0 aliphatic heterocycles. The number of nitriles is 1. The highest BCUT2D eigenvalue weighted by molar-refractivity contribution is 5.55. The Labute approximate surface area is 121 Å². The molecule has 1 heterocycles. The number of nitro groups is 1. The van der Waals surface area contributed by atoms with Gasteiger partial charge in [0.1, 0.15) is 17.4 Å². The highest BCUT2D eigenvalue weighted by atomic mass is 16.6. The Kier molecular flexibility index (Phi) is 4.43. The van der Waals surface area contributed by atoms with Crippen molar-refractivity contribution < 1.29 is 9.66 Å². The van der Waals surface area contributed by atoms with E-state index in [4.69, 9.17) is 10.00 Å². The van der Waals surface area contributed by atoms with E-state index in [0.29, 0.717) is 12.3 Å². The summed E-state index contributed by atoms with van der Waals surface area (Å²) < 4.78 is 5.42. The molecule has 0 amide bonds. The van der Waals surface area contributed by atoms with Gasteiger partial charge in [0, 0.05) is 12.7 Å². The van der Waals surface area contributed by atoms with Crippen LogP contribution in [-0.2, 0) is 6.54 Å². The highest BCUT2D eigenvalue weighted by Gasteiger charge is 2.23. The van der Waals surface area contributed by atoms with Crippen LogP contribution in [0.3, 0.4) is 0 Å². The van der Waals surface area contributed by atoms with Gasteiger partial charge in [-0.15, -0.1) is 0 Å². The lowest BCUT2D eigenvalue weighted by atomic mass is 10.2. The maximum atomic E-state index is 11.1. The largest absolute Gasteiger partial charge is 0.434 e. The van der Waals surface area contributed by atoms with Gasteiger partial charge < -0.3 is 10.1 Å². The fraction of sp³-hybridized carbons (Fsp3) is 0.143. The number of hydrogen-bond donors (Lipinski definition) is 1. The summed E-state index contributed by atoms with van der Waals surface area (Å²) >= 11 is 0. The van der Waals surface area contributed by atoms with Gasteiger partial charge in [0.15, 0.2) is 0 Å². The van der Waals surface area contributed by atoms with Crippen LogP contribution in [0.15, 0.2) is 36.5 Å². The van der Waals surface area contributed by atoms with E-state index in [0.717, 1.165) is 5.56 Å². The molecule has 7 heteroatoms. The van der Waals surface area contributed by atoms with Gasteiger partial charge in [-0.05, 0) is 30.8 Å². The van der Waals surface area contributed by atoms with Crippen molar-refractivity contribution in [1.82, 2.24) is 10.3 Å². The fourth-order valence-electron chi connectivity index (χ4n) is 1.77. The maximum absolute atomic E-state index is 11.1. The maximum Gasteiger partial charge on any atom is 0.348 e. The lowest BCUT2D eigenvalue weighted by Crippen LogP contribution is -2.04. The Morgan fingerprint density at radius 2 is 2.10 bits per heavy atom. The average Bonchev–Trinajstić information content (AvgIpc) is 2.49. The third kappa shape index (κ3) is 3.32. The first kappa shape index (κ1) is 14.4. The Balaban J connectivity index is 2.31. The Bertz CT molecular complexity index is 692. The van der Waals surface area contributed by atoms with Gasteiger partial charge in [-0.1, -0.05) is 12.1 Å². The summed E-state index contributed by atoms with van der Waals surface area (Å²) in [5.41, 5.74) is 0.536. The van der Waals surface area contributed by atoms with Gasteiger partial charge in [0.05, 0.1) is 4.92 Å². The molecular weight excluding hydrogens is 272 g/mol. The third-order valence-electron chi connectivity index (χ3n) is 2.71. The first-order chi connectivity index (χ1) is 10.2. The molecule has 0 aliphatic rings. The molecule has 0 unspecified atom stereocenters. The van der Waals surface area contributed by atoms with Gasteiger partial charge in [-0.2, -0.15) is 5.26 Å². The summed E-state index contributed by atoms with van der Waals surface area (Å²) in [5.74, 6) is 0.223. The number of aromatic nitrogens is 1. The smallest absolute Gasteiger partial charge is 0.348 e. The quantitative estimate of drug-likeness (QED) is 0.668. The average molecular weight is 284 g/mol. The topological polar surface area (TPSA) is 101 Å². The van der Waals surface area contributed by atoms with E-state index in [1.54, 1.807) is 18.2 Å². The molecule has 7 nitrogen and oxygen atoms in total. The van der Waals surface area contributed by atoms with Gasteiger partial charge in [0.25, 0.3) is 0 Å². The molecule has 0 saturated carbocycles. The van der Waals surface area contributed by atoms with Crippen LogP contribution in [0.1, 0.15) is 11.1 Å². The minimum atomic E-state index is -0.670. The van der Waals surface area contributed by atoms with Crippen LogP contribution in [0.2, 0.25) is 0 Å². The zero-order valence-electron chi connectivity index (χ0n) is 11.2. The summed E-state index contributed by atoms with van der Waals surface area (Å²) in [6, 6.07) is 10.1. The van der Waals surface area contributed by atoms with Crippen LogP contribution in [0, 0.1) is 21.4 Å². The van der Waals surface area contributed by atoms with Crippen LogP contribution in [0.4, 0.5) is 5.69 Å². The number of nitrogens with one attached hydrogen (secondary N) is 1. The molecule has 0 spiro atoms. The predicted molar refractivity (Wildman–Crippen MR) is 74.9 cm³/mol. The summed E-state index contributed by atoms with van der Waals surface area (Å²) in [4.78, 5) is 14.2. The van der Waals surface area contributed by atoms with E-state index in [2.05, 4.69) is 10.3 Å². The van der Waals surface area contributed by atoms with Crippen molar-refractivity contribution >= 4 is 5.69 Å². The van der Waals surface area contributed by atoms with Crippen LogP contribution < -0.4 is 10.1 Å². The second-order valence-electron chi connectivity index (χ2n) is 4.16. The van der Waals surface area contributed by atoms with Crippen LogP contribution >= 0.6 is 0 Å². The predicted octanol–water partition coefficient (Wildman–Crippen LogP) is 2.37. The van der Waals surface area contributed by atoms with E-state index >= 15 is 0 Å². The van der Waals surface area contributed by atoms with Crippen LogP contribution in [0.25, 0.3) is 0 Å². The molecule has 2 rings (SSSR count). The minimum absolute atomic E-state index is 0.0863. The molecule has 0 bridgehead atoms. The van der Waals surface area contributed by atoms with Crippen molar-refractivity contribution in [3.05, 3.63) is 57.8 Å².